The molecule has 224 valence electrons. The molecule has 3 aromatic carbocycles. The summed E-state index contributed by atoms with van der Waals surface area (Å²) in [6, 6.07) is 32.8. The van der Waals surface area contributed by atoms with E-state index in [0.29, 0.717) is 38.6 Å². The Morgan fingerprint density at radius 3 is 1.69 bits per heavy atom. The van der Waals surface area contributed by atoms with E-state index in [4.69, 9.17) is 18.6 Å². The molecular weight excluding hydrogens is 540 g/mol. The average molecular weight is 587 g/mol. The molecule has 0 amide bonds. The summed E-state index contributed by atoms with van der Waals surface area (Å²) in [4.78, 5) is 12.6. The monoisotopic (exact) mass is 586 g/mol. The molecule has 0 saturated heterocycles. The zero-order valence-electron chi connectivity index (χ0n) is 25.4. The van der Waals surface area contributed by atoms with Gasteiger partial charge in [-0.3, -0.25) is 0 Å². The van der Waals surface area contributed by atoms with Gasteiger partial charge in [-0.2, -0.15) is 0 Å². The van der Waals surface area contributed by atoms with Crippen molar-refractivity contribution in [3.63, 3.8) is 0 Å². The quantitative estimate of drug-likeness (QED) is 0.0580. The van der Waals surface area contributed by atoms with Gasteiger partial charge in [0.1, 0.15) is 12.2 Å². The Labute approximate surface area is 253 Å². The van der Waals surface area contributed by atoms with Crippen molar-refractivity contribution >= 4 is 14.6 Å². The molecule has 0 N–H and O–H groups in total. The molecule has 3 aromatic rings. The summed E-state index contributed by atoms with van der Waals surface area (Å²) in [5.41, 5.74) is 4.73. The molecule has 0 aromatic heterocycles. The number of hydrogen-bond acceptors (Lipinski definition) is 5. The Balaban J connectivity index is 1.84. The number of hydrogen-bond donors (Lipinski definition) is 0. The first-order chi connectivity index (χ1) is 20.5. The van der Waals surface area contributed by atoms with Crippen molar-refractivity contribution in [2.24, 2.45) is 0 Å². The van der Waals surface area contributed by atoms with Crippen LogP contribution in [0.5, 0.6) is 0 Å². The largest absolute Gasteiger partial charge is 0.407 e. The van der Waals surface area contributed by atoms with Gasteiger partial charge in [0.2, 0.25) is 0 Å². The van der Waals surface area contributed by atoms with Crippen molar-refractivity contribution in [3.8, 4) is 0 Å². The Bertz CT molecular complexity index is 1200. The lowest BCUT2D eigenvalue weighted by molar-refractivity contribution is -0.124. The van der Waals surface area contributed by atoms with E-state index in [1.54, 1.807) is 0 Å². The fourth-order valence-corrected chi connectivity index (χ4v) is 7.61. The van der Waals surface area contributed by atoms with Gasteiger partial charge < -0.3 is 23.4 Å². The highest BCUT2D eigenvalue weighted by atomic mass is 28.4. The van der Waals surface area contributed by atoms with Gasteiger partial charge in [0.05, 0.1) is 33.0 Å². The number of rotatable bonds is 20. The number of carbonyl (C=O) groups is 1. The predicted octanol–water partition coefficient (Wildman–Crippen LogP) is 8.08. The predicted molar refractivity (Wildman–Crippen MR) is 173 cm³/mol. The van der Waals surface area contributed by atoms with Crippen LogP contribution >= 0.6 is 0 Å². The number of aldehydes is 1. The summed E-state index contributed by atoms with van der Waals surface area (Å²) in [6.07, 6.45) is 1.42. The zero-order chi connectivity index (χ0) is 30.0. The summed E-state index contributed by atoms with van der Waals surface area (Å²) >= 11 is 0. The Kier molecular flexibility index (Phi) is 14.6. The third-order valence-electron chi connectivity index (χ3n) is 7.71. The SMILES string of the molecule is C=C(/C(=C/COCc1ccccc1)COCc1ccccc1)[C@H](O[Si](CC)(CC)CC)[C@@H](C=O)OCc1ccccc1. The van der Waals surface area contributed by atoms with Crippen molar-refractivity contribution in [2.45, 2.75) is 70.9 Å². The topological polar surface area (TPSA) is 54.0 Å². The summed E-state index contributed by atoms with van der Waals surface area (Å²) in [5, 5.41) is 0. The minimum absolute atomic E-state index is 0.306. The van der Waals surface area contributed by atoms with E-state index in [9.17, 15) is 4.79 Å². The van der Waals surface area contributed by atoms with Crippen LogP contribution in [-0.2, 0) is 43.3 Å². The molecule has 0 fully saturated rings. The Hall–Kier alpha value is -3.13. The van der Waals surface area contributed by atoms with Gasteiger partial charge in [0, 0.05) is 0 Å². The fraction of sp³-hybridized carbons (Fsp3) is 0.361. The van der Waals surface area contributed by atoms with E-state index in [-0.39, 0.29) is 0 Å². The van der Waals surface area contributed by atoms with Crippen LogP contribution in [-0.4, -0.2) is 40.0 Å². The minimum Gasteiger partial charge on any atom is -0.407 e. The van der Waals surface area contributed by atoms with E-state index in [1.807, 2.05) is 97.1 Å². The van der Waals surface area contributed by atoms with Gasteiger partial charge in [0.25, 0.3) is 0 Å². The molecule has 42 heavy (non-hydrogen) atoms. The maximum Gasteiger partial charge on any atom is 0.193 e. The first-order valence-electron chi connectivity index (χ1n) is 14.9. The molecule has 0 aliphatic heterocycles. The van der Waals surface area contributed by atoms with Crippen LogP contribution in [0.25, 0.3) is 0 Å². The van der Waals surface area contributed by atoms with E-state index < -0.39 is 20.5 Å². The standard InChI is InChI=1S/C36H46O5Si/c1-5-42(6-2,7-3)41-36(35(25-37)40-28-33-21-15-10-16-22-33)30(4)34(29-39-27-32-19-13-9-14-20-32)23-24-38-26-31-17-11-8-12-18-31/h8-23,25,35-36H,4-7,24,26-29H2,1-3H3/b34-23+/t35-,36+/m1/s1. The lowest BCUT2D eigenvalue weighted by atomic mass is 9.98. The second-order valence-electron chi connectivity index (χ2n) is 10.4. The maximum absolute atomic E-state index is 12.6. The summed E-state index contributed by atoms with van der Waals surface area (Å²) in [5.74, 6) is 0. The highest BCUT2D eigenvalue weighted by Crippen LogP contribution is 2.30. The molecule has 0 unspecified atom stereocenters. The van der Waals surface area contributed by atoms with Crippen molar-refractivity contribution in [2.75, 3.05) is 13.2 Å². The molecule has 0 bridgehead atoms. The first-order valence-corrected chi connectivity index (χ1v) is 17.5. The summed E-state index contributed by atoms with van der Waals surface area (Å²) in [7, 11) is -2.14. The van der Waals surface area contributed by atoms with Crippen LogP contribution in [0.2, 0.25) is 18.1 Å². The normalized spacial score (nSPS) is 13.5. The molecule has 0 radical (unpaired) electrons. The number of carbonyl (C=O) groups excluding carboxylic acids is 1. The van der Waals surface area contributed by atoms with Crippen LogP contribution in [0.15, 0.2) is 115 Å². The summed E-state index contributed by atoms with van der Waals surface area (Å²) < 4.78 is 25.3. The van der Waals surface area contributed by atoms with E-state index in [0.717, 1.165) is 46.7 Å². The molecule has 6 heteroatoms. The van der Waals surface area contributed by atoms with Crippen molar-refractivity contribution < 1.29 is 23.4 Å². The number of benzene rings is 3. The molecule has 3 rings (SSSR count). The van der Waals surface area contributed by atoms with Gasteiger partial charge in [-0.15, -0.1) is 0 Å². The molecule has 0 heterocycles. The molecule has 5 nitrogen and oxygen atoms in total. The van der Waals surface area contributed by atoms with E-state index >= 15 is 0 Å². The molecule has 0 saturated carbocycles. The molecule has 0 aliphatic rings. The second kappa shape index (κ2) is 18.4. The van der Waals surface area contributed by atoms with Crippen LogP contribution < -0.4 is 0 Å². The van der Waals surface area contributed by atoms with Crippen molar-refractivity contribution in [3.05, 3.63) is 131 Å². The smallest absolute Gasteiger partial charge is 0.193 e. The molecule has 0 spiro atoms. The van der Waals surface area contributed by atoms with E-state index in [1.165, 1.54) is 0 Å². The van der Waals surface area contributed by atoms with Gasteiger partial charge in [-0.1, -0.05) is 124 Å². The first kappa shape index (κ1) is 33.4. The van der Waals surface area contributed by atoms with Gasteiger partial charge in [-0.05, 0) is 46.0 Å². The Morgan fingerprint density at radius 1 is 0.738 bits per heavy atom. The van der Waals surface area contributed by atoms with Crippen molar-refractivity contribution in [1.29, 1.82) is 0 Å². The van der Waals surface area contributed by atoms with Gasteiger partial charge in [-0.25, -0.2) is 0 Å². The average Bonchev–Trinajstić information content (AvgIpc) is 3.05. The molecular formula is C36H46O5Si. The summed E-state index contributed by atoms with van der Waals surface area (Å²) in [6.45, 7) is 13.0. The third kappa shape index (κ3) is 10.6. The Morgan fingerprint density at radius 2 is 1.21 bits per heavy atom. The maximum atomic E-state index is 12.6. The lowest BCUT2D eigenvalue weighted by Crippen LogP contribution is -2.46. The highest BCUT2D eigenvalue weighted by molar-refractivity contribution is 6.73. The van der Waals surface area contributed by atoms with Gasteiger partial charge in [0.15, 0.2) is 14.6 Å². The molecule has 0 aliphatic carbocycles. The van der Waals surface area contributed by atoms with Gasteiger partial charge >= 0.3 is 0 Å². The zero-order valence-corrected chi connectivity index (χ0v) is 26.4. The fourth-order valence-electron chi connectivity index (χ4n) is 4.80. The third-order valence-corrected chi connectivity index (χ3v) is 12.3. The lowest BCUT2D eigenvalue weighted by Gasteiger charge is -2.37. The van der Waals surface area contributed by atoms with E-state index in [2.05, 4.69) is 27.4 Å². The highest BCUT2D eigenvalue weighted by Gasteiger charge is 2.37. The van der Waals surface area contributed by atoms with Crippen LogP contribution in [0.1, 0.15) is 37.5 Å². The van der Waals surface area contributed by atoms with Crippen LogP contribution in [0.4, 0.5) is 0 Å². The second-order valence-corrected chi connectivity index (χ2v) is 15.1. The minimum atomic E-state index is -2.14. The molecule has 2 atom stereocenters. The number of ether oxygens (including phenoxy) is 3. The van der Waals surface area contributed by atoms with Crippen LogP contribution in [0.3, 0.4) is 0 Å². The van der Waals surface area contributed by atoms with Crippen molar-refractivity contribution in [1.82, 2.24) is 0 Å². The van der Waals surface area contributed by atoms with Crippen LogP contribution in [0, 0.1) is 0 Å².